The second-order valence-corrected chi connectivity index (χ2v) is 4.31. The summed E-state index contributed by atoms with van der Waals surface area (Å²) in [7, 11) is 0. The predicted molar refractivity (Wildman–Crippen MR) is 60.7 cm³/mol. The maximum Gasteiger partial charge on any atom is 0.0297 e. The maximum absolute atomic E-state index is 6.04. The summed E-state index contributed by atoms with van der Waals surface area (Å²) >= 11 is 3.44. The molecule has 0 aliphatic heterocycles. The minimum absolute atomic E-state index is 0.193. The molecule has 1 atom stereocenters. The second-order valence-electron chi connectivity index (χ2n) is 3.40. The van der Waals surface area contributed by atoms with Crippen molar-refractivity contribution in [3.05, 3.63) is 33.8 Å². The standard InChI is InChI=1S/C11H16BrN/c1-3-4-11(13)10-6-5-9(12)7-8(10)2/h5-7,11H,3-4,13H2,1-2H3/t11-/m1/s1. The lowest BCUT2D eigenvalue weighted by Gasteiger charge is -2.13. The summed E-state index contributed by atoms with van der Waals surface area (Å²) in [5.41, 5.74) is 8.58. The van der Waals surface area contributed by atoms with Crippen molar-refractivity contribution in [2.24, 2.45) is 5.73 Å². The Morgan fingerprint density at radius 1 is 1.46 bits per heavy atom. The highest BCUT2D eigenvalue weighted by Crippen LogP contribution is 2.22. The van der Waals surface area contributed by atoms with Gasteiger partial charge in [0.2, 0.25) is 0 Å². The summed E-state index contributed by atoms with van der Waals surface area (Å²) < 4.78 is 1.12. The molecule has 0 aliphatic carbocycles. The van der Waals surface area contributed by atoms with E-state index in [-0.39, 0.29) is 6.04 Å². The van der Waals surface area contributed by atoms with E-state index in [1.165, 1.54) is 11.1 Å². The Balaban J connectivity index is 2.88. The van der Waals surface area contributed by atoms with Crippen LogP contribution in [-0.2, 0) is 0 Å². The Morgan fingerprint density at radius 2 is 2.15 bits per heavy atom. The van der Waals surface area contributed by atoms with E-state index in [0.29, 0.717) is 0 Å². The lowest BCUT2D eigenvalue weighted by Crippen LogP contribution is -2.11. The SMILES string of the molecule is CCC[C@@H](N)c1ccc(Br)cc1C. The minimum Gasteiger partial charge on any atom is -0.324 e. The molecule has 0 heterocycles. The summed E-state index contributed by atoms with van der Waals surface area (Å²) in [5, 5.41) is 0. The van der Waals surface area contributed by atoms with Gasteiger partial charge < -0.3 is 5.73 Å². The zero-order chi connectivity index (χ0) is 9.84. The molecule has 1 aromatic rings. The Bertz CT molecular complexity index is 283. The third-order valence-corrected chi connectivity index (χ3v) is 2.72. The van der Waals surface area contributed by atoms with Crippen LogP contribution in [0.3, 0.4) is 0 Å². The molecule has 0 amide bonds. The van der Waals surface area contributed by atoms with Crippen LogP contribution in [-0.4, -0.2) is 0 Å². The zero-order valence-corrected chi connectivity index (χ0v) is 9.76. The normalized spacial score (nSPS) is 12.9. The fourth-order valence-electron chi connectivity index (χ4n) is 1.52. The Kier molecular flexibility index (Phi) is 3.94. The van der Waals surface area contributed by atoms with Crippen LogP contribution in [0.15, 0.2) is 22.7 Å². The van der Waals surface area contributed by atoms with Gasteiger partial charge in [0.1, 0.15) is 0 Å². The van der Waals surface area contributed by atoms with Crippen molar-refractivity contribution < 1.29 is 0 Å². The monoisotopic (exact) mass is 241 g/mol. The van der Waals surface area contributed by atoms with Crippen LogP contribution in [0.1, 0.15) is 36.9 Å². The van der Waals surface area contributed by atoms with E-state index in [9.17, 15) is 0 Å². The van der Waals surface area contributed by atoms with E-state index in [1.54, 1.807) is 0 Å². The van der Waals surface area contributed by atoms with Gasteiger partial charge in [-0.2, -0.15) is 0 Å². The van der Waals surface area contributed by atoms with E-state index in [1.807, 2.05) is 0 Å². The average Bonchev–Trinajstić information content (AvgIpc) is 2.04. The highest BCUT2D eigenvalue weighted by atomic mass is 79.9. The van der Waals surface area contributed by atoms with E-state index >= 15 is 0 Å². The molecule has 0 unspecified atom stereocenters. The maximum atomic E-state index is 6.04. The number of halogens is 1. The fraction of sp³-hybridized carbons (Fsp3) is 0.455. The van der Waals surface area contributed by atoms with Gasteiger partial charge in [-0.3, -0.25) is 0 Å². The molecular weight excluding hydrogens is 226 g/mol. The van der Waals surface area contributed by atoms with Crippen LogP contribution in [0.4, 0.5) is 0 Å². The summed E-state index contributed by atoms with van der Waals surface area (Å²) in [5.74, 6) is 0. The third kappa shape index (κ3) is 2.82. The van der Waals surface area contributed by atoms with Crippen LogP contribution in [0.5, 0.6) is 0 Å². The molecule has 1 aromatic carbocycles. The summed E-state index contributed by atoms with van der Waals surface area (Å²) in [6.45, 7) is 4.27. The van der Waals surface area contributed by atoms with Crippen molar-refractivity contribution in [1.29, 1.82) is 0 Å². The van der Waals surface area contributed by atoms with Crippen LogP contribution >= 0.6 is 15.9 Å². The molecule has 13 heavy (non-hydrogen) atoms. The molecule has 2 heteroatoms. The van der Waals surface area contributed by atoms with Crippen LogP contribution in [0.2, 0.25) is 0 Å². The molecule has 0 radical (unpaired) electrons. The van der Waals surface area contributed by atoms with Crippen LogP contribution in [0.25, 0.3) is 0 Å². The van der Waals surface area contributed by atoms with E-state index in [4.69, 9.17) is 5.73 Å². The van der Waals surface area contributed by atoms with Gasteiger partial charge in [-0.25, -0.2) is 0 Å². The molecular formula is C11H16BrN. The van der Waals surface area contributed by atoms with Crippen molar-refractivity contribution in [3.8, 4) is 0 Å². The Labute approximate surface area is 88.5 Å². The van der Waals surface area contributed by atoms with Gasteiger partial charge >= 0.3 is 0 Å². The molecule has 1 nitrogen and oxygen atoms in total. The number of rotatable bonds is 3. The average molecular weight is 242 g/mol. The first kappa shape index (κ1) is 10.7. The molecule has 0 saturated carbocycles. The zero-order valence-electron chi connectivity index (χ0n) is 8.18. The number of nitrogens with two attached hydrogens (primary N) is 1. The Morgan fingerprint density at radius 3 is 2.69 bits per heavy atom. The topological polar surface area (TPSA) is 26.0 Å². The lowest BCUT2D eigenvalue weighted by molar-refractivity contribution is 0.635. The van der Waals surface area contributed by atoms with Crippen molar-refractivity contribution in [1.82, 2.24) is 0 Å². The molecule has 0 aliphatic rings. The van der Waals surface area contributed by atoms with E-state index in [2.05, 4.69) is 48.0 Å². The number of aryl methyl sites for hydroxylation is 1. The van der Waals surface area contributed by atoms with Gasteiger partial charge in [-0.1, -0.05) is 35.3 Å². The summed E-state index contributed by atoms with van der Waals surface area (Å²) in [4.78, 5) is 0. The molecule has 72 valence electrons. The summed E-state index contributed by atoms with van der Waals surface area (Å²) in [6.07, 6.45) is 2.19. The van der Waals surface area contributed by atoms with Gasteiger partial charge in [0.15, 0.2) is 0 Å². The summed E-state index contributed by atoms with van der Waals surface area (Å²) in [6, 6.07) is 6.47. The molecule has 0 saturated heterocycles. The first-order valence-corrected chi connectivity index (χ1v) is 5.46. The van der Waals surface area contributed by atoms with Crippen LogP contribution < -0.4 is 5.73 Å². The molecule has 0 spiro atoms. The van der Waals surface area contributed by atoms with Crippen molar-refractivity contribution >= 4 is 15.9 Å². The highest BCUT2D eigenvalue weighted by Gasteiger charge is 2.07. The van der Waals surface area contributed by atoms with Gasteiger partial charge in [0.05, 0.1) is 0 Å². The third-order valence-electron chi connectivity index (χ3n) is 2.23. The van der Waals surface area contributed by atoms with Crippen molar-refractivity contribution in [2.45, 2.75) is 32.7 Å². The van der Waals surface area contributed by atoms with Gasteiger partial charge in [0.25, 0.3) is 0 Å². The highest BCUT2D eigenvalue weighted by molar-refractivity contribution is 9.10. The van der Waals surface area contributed by atoms with E-state index in [0.717, 1.165) is 17.3 Å². The van der Waals surface area contributed by atoms with Crippen molar-refractivity contribution in [3.63, 3.8) is 0 Å². The molecule has 1 rings (SSSR count). The van der Waals surface area contributed by atoms with Gasteiger partial charge in [0, 0.05) is 10.5 Å². The molecule has 0 bridgehead atoms. The number of hydrogen-bond donors (Lipinski definition) is 1. The first-order valence-electron chi connectivity index (χ1n) is 4.66. The van der Waals surface area contributed by atoms with Gasteiger partial charge in [-0.15, -0.1) is 0 Å². The molecule has 2 N–H and O–H groups in total. The fourth-order valence-corrected chi connectivity index (χ4v) is 2.00. The number of benzene rings is 1. The van der Waals surface area contributed by atoms with Crippen molar-refractivity contribution in [2.75, 3.05) is 0 Å². The number of hydrogen-bond acceptors (Lipinski definition) is 1. The minimum atomic E-state index is 0.193. The predicted octanol–water partition coefficient (Wildman–Crippen LogP) is 3.56. The van der Waals surface area contributed by atoms with E-state index < -0.39 is 0 Å². The smallest absolute Gasteiger partial charge is 0.0297 e. The Hall–Kier alpha value is -0.340. The second kappa shape index (κ2) is 4.77. The first-order chi connectivity index (χ1) is 6.15. The quantitative estimate of drug-likeness (QED) is 0.861. The molecule has 0 fully saturated rings. The van der Waals surface area contributed by atoms with Gasteiger partial charge in [-0.05, 0) is 36.6 Å². The lowest BCUT2D eigenvalue weighted by atomic mass is 9.99. The molecule has 0 aromatic heterocycles. The van der Waals surface area contributed by atoms with Crippen LogP contribution in [0, 0.1) is 6.92 Å². The largest absolute Gasteiger partial charge is 0.324 e.